The van der Waals surface area contributed by atoms with Gasteiger partial charge >= 0.3 is 0 Å². The maximum absolute atomic E-state index is 10.8. The highest BCUT2D eigenvalue weighted by Gasteiger charge is 2.11. The molecule has 0 saturated heterocycles. The summed E-state index contributed by atoms with van der Waals surface area (Å²) in [6.45, 7) is 6.76. The molecule has 1 amide bonds. The molecular weight excluding hydrogens is 156 g/mol. The fourth-order valence-electron chi connectivity index (χ4n) is 0.821. The maximum Gasteiger partial charge on any atom is 0.254 e. The van der Waals surface area contributed by atoms with Crippen molar-refractivity contribution in [1.29, 1.82) is 0 Å². The predicted molar refractivity (Wildman–Crippen MR) is 46.3 cm³/mol. The van der Waals surface area contributed by atoms with Crippen LogP contribution >= 0.6 is 0 Å². The van der Waals surface area contributed by atoms with Gasteiger partial charge in [-0.25, -0.2) is 9.67 Å². The van der Waals surface area contributed by atoms with Crippen LogP contribution in [-0.4, -0.2) is 22.4 Å². The molecule has 5 heteroatoms. The second kappa shape index (κ2) is 3.00. The first kappa shape index (κ1) is 8.19. The number of nitrogens with zero attached hydrogens (tertiary/aromatic N) is 3. The first-order valence-electron chi connectivity index (χ1n) is 3.17. The molecule has 0 radical (unpaired) electrons. The highest BCUT2D eigenvalue weighted by atomic mass is 16.1. The molecule has 0 fully saturated rings. The molecule has 0 bridgehead atoms. The first-order valence-corrected chi connectivity index (χ1v) is 3.17. The lowest BCUT2D eigenvalue weighted by molar-refractivity contribution is 0.100. The molecule has 62 valence electrons. The van der Waals surface area contributed by atoms with Crippen molar-refractivity contribution in [3.05, 3.63) is 18.3 Å². The van der Waals surface area contributed by atoms with Crippen LogP contribution in [0.25, 0.3) is 6.20 Å². The van der Waals surface area contributed by atoms with E-state index in [-0.39, 0.29) is 5.56 Å². The molecule has 0 aliphatic carbocycles. The molecule has 0 aliphatic rings. The third-order valence-electron chi connectivity index (χ3n) is 1.36. The average Bonchev–Trinajstić information content (AvgIpc) is 2.46. The van der Waals surface area contributed by atoms with Gasteiger partial charge in [0.05, 0.1) is 6.20 Å². The van der Waals surface area contributed by atoms with Gasteiger partial charge in [-0.2, -0.15) is 5.10 Å². The Labute approximate surface area is 69.2 Å². The number of primary amides is 1. The van der Waals surface area contributed by atoms with Crippen LogP contribution < -0.4 is 5.73 Å². The summed E-state index contributed by atoms with van der Waals surface area (Å²) < 4.78 is 1.33. The first-order chi connectivity index (χ1) is 5.70. The second-order valence-electron chi connectivity index (χ2n) is 2.03. The summed E-state index contributed by atoms with van der Waals surface area (Å²) in [5.74, 6) is -0.261. The molecule has 1 aromatic rings. The molecule has 0 aromatic carbocycles. The maximum atomic E-state index is 10.8. The van der Waals surface area contributed by atoms with Gasteiger partial charge in [-0.15, -0.1) is 0 Å². The van der Waals surface area contributed by atoms with Gasteiger partial charge in [-0.05, 0) is 6.72 Å². The molecular formula is C7H8N4O. The standard InChI is InChI=1S/C7H8N4O/c1-3-11-7(9-2)5(4-10-11)6(8)12/h3-4H,1-2H2,(H2,8,12). The average molecular weight is 164 g/mol. The minimum absolute atomic E-state index is 0.241. The smallest absolute Gasteiger partial charge is 0.254 e. The predicted octanol–water partition coefficient (Wildman–Crippen LogP) is 0.415. The highest BCUT2D eigenvalue weighted by Crippen LogP contribution is 2.17. The molecule has 5 nitrogen and oxygen atoms in total. The molecule has 12 heavy (non-hydrogen) atoms. The summed E-state index contributed by atoms with van der Waals surface area (Å²) >= 11 is 0. The zero-order valence-corrected chi connectivity index (χ0v) is 6.40. The van der Waals surface area contributed by atoms with E-state index in [0.29, 0.717) is 5.82 Å². The van der Waals surface area contributed by atoms with Crippen molar-refractivity contribution in [2.75, 3.05) is 0 Å². The van der Waals surface area contributed by atoms with Crippen LogP contribution in [0.4, 0.5) is 5.82 Å². The third-order valence-corrected chi connectivity index (χ3v) is 1.36. The monoisotopic (exact) mass is 164 g/mol. The quantitative estimate of drug-likeness (QED) is 0.657. The summed E-state index contributed by atoms with van der Waals surface area (Å²) in [6, 6.07) is 0. The molecule has 2 N–H and O–H groups in total. The van der Waals surface area contributed by atoms with Crippen molar-refractivity contribution in [2.24, 2.45) is 10.7 Å². The van der Waals surface area contributed by atoms with E-state index < -0.39 is 5.91 Å². The zero-order valence-electron chi connectivity index (χ0n) is 6.40. The lowest BCUT2D eigenvalue weighted by Gasteiger charge is -1.95. The van der Waals surface area contributed by atoms with Gasteiger partial charge < -0.3 is 5.73 Å². The van der Waals surface area contributed by atoms with Crippen molar-refractivity contribution in [3.8, 4) is 0 Å². The number of amides is 1. The van der Waals surface area contributed by atoms with E-state index >= 15 is 0 Å². The molecule has 1 heterocycles. The van der Waals surface area contributed by atoms with Crippen LogP contribution in [0.15, 0.2) is 17.8 Å². The highest BCUT2D eigenvalue weighted by molar-refractivity contribution is 5.97. The Kier molecular flexibility index (Phi) is 2.05. The van der Waals surface area contributed by atoms with Gasteiger partial charge in [-0.1, -0.05) is 6.58 Å². The molecule has 0 spiro atoms. The minimum Gasteiger partial charge on any atom is -0.365 e. The minimum atomic E-state index is -0.578. The van der Waals surface area contributed by atoms with E-state index in [4.69, 9.17) is 5.73 Å². The topological polar surface area (TPSA) is 73.3 Å². The van der Waals surface area contributed by atoms with Gasteiger partial charge in [-0.3, -0.25) is 4.79 Å². The number of rotatable bonds is 3. The number of carbonyl (C=O) groups excluding carboxylic acids is 1. The fraction of sp³-hybridized carbons (Fsp3) is 0. The molecule has 0 saturated carbocycles. The van der Waals surface area contributed by atoms with Crippen molar-refractivity contribution >= 4 is 24.6 Å². The lowest BCUT2D eigenvalue weighted by Crippen LogP contribution is -2.10. The van der Waals surface area contributed by atoms with E-state index in [1.54, 1.807) is 0 Å². The number of aromatic nitrogens is 2. The molecule has 0 atom stereocenters. The Morgan fingerprint density at radius 2 is 2.50 bits per heavy atom. The van der Waals surface area contributed by atoms with Gasteiger partial charge in [0, 0.05) is 6.20 Å². The van der Waals surface area contributed by atoms with Crippen LogP contribution in [0.5, 0.6) is 0 Å². The van der Waals surface area contributed by atoms with Crippen molar-refractivity contribution in [1.82, 2.24) is 9.78 Å². The largest absolute Gasteiger partial charge is 0.365 e. The summed E-state index contributed by atoms with van der Waals surface area (Å²) in [6.07, 6.45) is 2.74. The van der Waals surface area contributed by atoms with Gasteiger partial charge in [0.2, 0.25) is 0 Å². The molecule has 0 aliphatic heterocycles. The Balaban J connectivity index is 3.31. The van der Waals surface area contributed by atoms with E-state index in [1.807, 2.05) is 0 Å². The molecule has 1 rings (SSSR count). The number of aliphatic imine (C=N–C) groups is 1. The van der Waals surface area contributed by atoms with Crippen LogP contribution in [0.2, 0.25) is 0 Å². The van der Waals surface area contributed by atoms with Gasteiger partial charge in [0.25, 0.3) is 5.91 Å². The van der Waals surface area contributed by atoms with Gasteiger partial charge in [0.1, 0.15) is 5.56 Å². The summed E-state index contributed by atoms with van der Waals surface area (Å²) in [4.78, 5) is 14.4. The Morgan fingerprint density at radius 3 is 2.92 bits per heavy atom. The van der Waals surface area contributed by atoms with E-state index in [9.17, 15) is 4.79 Å². The van der Waals surface area contributed by atoms with Crippen LogP contribution in [0.1, 0.15) is 10.4 Å². The van der Waals surface area contributed by atoms with E-state index in [2.05, 4.69) is 23.4 Å². The van der Waals surface area contributed by atoms with E-state index in [0.717, 1.165) is 0 Å². The number of nitrogens with two attached hydrogens (primary N) is 1. The lowest BCUT2D eigenvalue weighted by atomic mass is 10.3. The Morgan fingerprint density at radius 1 is 1.83 bits per heavy atom. The SMILES string of the molecule is C=Cn1ncc(C(N)=O)c1N=C. The van der Waals surface area contributed by atoms with Crippen LogP contribution in [0, 0.1) is 0 Å². The Hall–Kier alpha value is -1.91. The summed E-state index contributed by atoms with van der Waals surface area (Å²) in [5.41, 5.74) is 5.28. The zero-order chi connectivity index (χ0) is 9.14. The van der Waals surface area contributed by atoms with Crippen molar-refractivity contribution in [2.45, 2.75) is 0 Å². The number of carbonyl (C=O) groups is 1. The van der Waals surface area contributed by atoms with Crippen molar-refractivity contribution < 1.29 is 4.79 Å². The Bertz CT molecular complexity index is 339. The van der Waals surface area contributed by atoms with Crippen LogP contribution in [0.3, 0.4) is 0 Å². The van der Waals surface area contributed by atoms with Crippen molar-refractivity contribution in [3.63, 3.8) is 0 Å². The summed E-state index contributed by atoms with van der Waals surface area (Å²) in [7, 11) is 0. The van der Waals surface area contributed by atoms with Crippen LogP contribution in [-0.2, 0) is 0 Å². The normalized spacial score (nSPS) is 9.33. The third kappa shape index (κ3) is 1.12. The number of hydrogen-bond acceptors (Lipinski definition) is 3. The second-order valence-corrected chi connectivity index (χ2v) is 2.03. The summed E-state index contributed by atoms with van der Waals surface area (Å²) in [5, 5.41) is 3.79. The number of hydrogen-bond donors (Lipinski definition) is 1. The fourth-order valence-corrected chi connectivity index (χ4v) is 0.821. The molecule has 0 unspecified atom stereocenters. The molecule has 1 aromatic heterocycles. The van der Waals surface area contributed by atoms with Gasteiger partial charge in [0.15, 0.2) is 5.82 Å². The van der Waals surface area contributed by atoms with E-state index in [1.165, 1.54) is 17.1 Å².